The predicted octanol–water partition coefficient (Wildman–Crippen LogP) is 4.26. The highest BCUT2D eigenvalue weighted by Gasteiger charge is 2.10. The molecule has 0 aliphatic carbocycles. The van der Waals surface area contributed by atoms with Crippen molar-refractivity contribution in [3.8, 4) is 0 Å². The summed E-state index contributed by atoms with van der Waals surface area (Å²) in [6, 6.07) is 9.62. The molecule has 3 aromatic rings. The fraction of sp³-hybridized carbons (Fsp3) is 0. The molecule has 1 heterocycles. The Balaban J connectivity index is 2.11. The van der Waals surface area contributed by atoms with E-state index in [2.05, 4.69) is 37.9 Å². The lowest BCUT2D eigenvalue weighted by molar-refractivity contribution is 0.512. The van der Waals surface area contributed by atoms with Gasteiger partial charge in [0.1, 0.15) is 12.1 Å². The molecule has 0 fully saturated rings. The standard InChI is InChI=1S/C14H8F2IN3/c15-10-2-1-3-12(13(10)16)20-14-9-6-8(17)4-5-11(9)18-7-19-14/h1-7H,(H,18,19,20). The smallest absolute Gasteiger partial charge is 0.182 e. The second-order valence-corrected chi connectivity index (χ2v) is 5.36. The molecule has 2 aromatic carbocycles. The molecule has 0 saturated carbocycles. The summed E-state index contributed by atoms with van der Waals surface area (Å²) < 4.78 is 27.9. The number of fused-ring (bicyclic) bond motifs is 1. The van der Waals surface area contributed by atoms with E-state index in [0.717, 1.165) is 20.5 Å². The van der Waals surface area contributed by atoms with Crippen molar-refractivity contribution in [3.05, 3.63) is 57.9 Å². The minimum Gasteiger partial charge on any atom is -0.337 e. The van der Waals surface area contributed by atoms with Gasteiger partial charge in [-0.15, -0.1) is 0 Å². The first kappa shape index (κ1) is 13.2. The van der Waals surface area contributed by atoms with Gasteiger partial charge in [-0.05, 0) is 52.9 Å². The van der Waals surface area contributed by atoms with Crippen LogP contribution in [0.3, 0.4) is 0 Å². The van der Waals surface area contributed by atoms with E-state index in [1.807, 2.05) is 18.2 Å². The molecule has 100 valence electrons. The minimum absolute atomic E-state index is 0.0452. The summed E-state index contributed by atoms with van der Waals surface area (Å²) in [6.07, 6.45) is 1.38. The summed E-state index contributed by atoms with van der Waals surface area (Å²) in [4.78, 5) is 8.24. The van der Waals surface area contributed by atoms with Crippen LogP contribution >= 0.6 is 22.6 Å². The molecule has 0 radical (unpaired) electrons. The van der Waals surface area contributed by atoms with Crippen LogP contribution in [0.5, 0.6) is 0 Å². The zero-order valence-electron chi connectivity index (χ0n) is 10.1. The van der Waals surface area contributed by atoms with Crippen molar-refractivity contribution in [3.63, 3.8) is 0 Å². The summed E-state index contributed by atoms with van der Waals surface area (Å²) in [5.74, 6) is -1.38. The van der Waals surface area contributed by atoms with Crippen molar-refractivity contribution in [1.82, 2.24) is 9.97 Å². The lowest BCUT2D eigenvalue weighted by atomic mass is 10.2. The highest BCUT2D eigenvalue weighted by Crippen LogP contribution is 2.26. The first-order valence-corrected chi connectivity index (χ1v) is 6.84. The summed E-state index contributed by atoms with van der Waals surface area (Å²) in [5, 5.41) is 3.57. The largest absolute Gasteiger partial charge is 0.337 e. The van der Waals surface area contributed by atoms with Gasteiger partial charge in [-0.2, -0.15) is 0 Å². The fourth-order valence-electron chi connectivity index (χ4n) is 1.86. The first-order chi connectivity index (χ1) is 9.65. The Morgan fingerprint density at radius 1 is 1.05 bits per heavy atom. The predicted molar refractivity (Wildman–Crippen MR) is 81.9 cm³/mol. The van der Waals surface area contributed by atoms with E-state index < -0.39 is 11.6 Å². The molecule has 0 saturated heterocycles. The molecular formula is C14H8F2IN3. The molecule has 3 rings (SSSR count). The quantitative estimate of drug-likeness (QED) is 0.673. The maximum absolute atomic E-state index is 13.7. The number of nitrogens with one attached hydrogen (secondary N) is 1. The van der Waals surface area contributed by atoms with Crippen LogP contribution in [0.4, 0.5) is 20.3 Å². The van der Waals surface area contributed by atoms with E-state index in [-0.39, 0.29) is 5.69 Å². The first-order valence-electron chi connectivity index (χ1n) is 5.76. The summed E-state index contributed by atoms with van der Waals surface area (Å²) in [6.45, 7) is 0. The number of benzene rings is 2. The van der Waals surface area contributed by atoms with E-state index in [1.165, 1.54) is 18.5 Å². The third-order valence-corrected chi connectivity index (χ3v) is 3.47. The van der Waals surface area contributed by atoms with E-state index in [1.54, 1.807) is 0 Å². The highest BCUT2D eigenvalue weighted by molar-refractivity contribution is 14.1. The van der Waals surface area contributed by atoms with Crippen LogP contribution in [0.1, 0.15) is 0 Å². The topological polar surface area (TPSA) is 37.8 Å². The Hall–Kier alpha value is -1.83. The SMILES string of the molecule is Fc1cccc(Nc2ncnc3ccc(I)cc23)c1F. The molecule has 1 N–H and O–H groups in total. The molecule has 0 amide bonds. The molecule has 3 nitrogen and oxygen atoms in total. The van der Waals surface area contributed by atoms with Gasteiger partial charge in [-0.1, -0.05) is 6.07 Å². The van der Waals surface area contributed by atoms with Crippen LogP contribution < -0.4 is 5.32 Å². The Bertz CT molecular complexity index is 792. The Labute approximate surface area is 127 Å². The molecule has 6 heteroatoms. The zero-order chi connectivity index (χ0) is 14.1. The maximum Gasteiger partial charge on any atom is 0.182 e. The second kappa shape index (κ2) is 5.28. The fourth-order valence-corrected chi connectivity index (χ4v) is 2.35. The van der Waals surface area contributed by atoms with Crippen molar-refractivity contribution < 1.29 is 8.78 Å². The number of rotatable bonds is 2. The summed E-state index contributed by atoms with van der Waals surface area (Å²) in [5.41, 5.74) is 0.781. The third-order valence-electron chi connectivity index (χ3n) is 2.80. The van der Waals surface area contributed by atoms with Gasteiger partial charge in [-0.3, -0.25) is 0 Å². The van der Waals surface area contributed by atoms with E-state index in [4.69, 9.17) is 0 Å². The van der Waals surface area contributed by atoms with Gasteiger partial charge in [-0.25, -0.2) is 18.7 Å². The molecule has 0 unspecified atom stereocenters. The summed E-state index contributed by atoms with van der Waals surface area (Å²) in [7, 11) is 0. The van der Waals surface area contributed by atoms with Gasteiger partial charge in [0.05, 0.1) is 11.2 Å². The molecule has 0 aliphatic rings. The van der Waals surface area contributed by atoms with Crippen LogP contribution in [0.15, 0.2) is 42.7 Å². The lowest BCUT2D eigenvalue weighted by Gasteiger charge is -2.09. The van der Waals surface area contributed by atoms with E-state index in [0.29, 0.717) is 5.82 Å². The maximum atomic E-state index is 13.7. The lowest BCUT2D eigenvalue weighted by Crippen LogP contribution is -1.99. The number of anilines is 2. The number of hydrogen-bond donors (Lipinski definition) is 1. The highest BCUT2D eigenvalue weighted by atomic mass is 127. The monoisotopic (exact) mass is 383 g/mol. The average Bonchev–Trinajstić information content (AvgIpc) is 2.44. The van der Waals surface area contributed by atoms with Gasteiger partial charge < -0.3 is 5.32 Å². The van der Waals surface area contributed by atoms with Crippen LogP contribution in [0, 0.1) is 15.2 Å². The third kappa shape index (κ3) is 2.43. The number of nitrogens with zero attached hydrogens (tertiary/aromatic N) is 2. The molecule has 0 bridgehead atoms. The van der Waals surface area contributed by atoms with Crippen molar-refractivity contribution in [2.45, 2.75) is 0 Å². The van der Waals surface area contributed by atoms with Gasteiger partial charge in [0, 0.05) is 8.96 Å². The molecule has 1 aromatic heterocycles. The zero-order valence-corrected chi connectivity index (χ0v) is 12.2. The molecular weight excluding hydrogens is 375 g/mol. The van der Waals surface area contributed by atoms with Crippen LogP contribution in [-0.2, 0) is 0 Å². The van der Waals surface area contributed by atoms with Crippen LogP contribution in [-0.4, -0.2) is 9.97 Å². The van der Waals surface area contributed by atoms with E-state index in [9.17, 15) is 8.78 Å². The van der Waals surface area contributed by atoms with Gasteiger partial charge in [0.15, 0.2) is 11.6 Å². The number of halogens is 3. The molecule has 0 atom stereocenters. The van der Waals surface area contributed by atoms with Crippen LogP contribution in [0.25, 0.3) is 10.9 Å². The molecule has 0 aliphatic heterocycles. The van der Waals surface area contributed by atoms with Crippen molar-refractivity contribution >= 4 is 45.0 Å². The molecule has 0 spiro atoms. The number of aromatic nitrogens is 2. The Morgan fingerprint density at radius 3 is 2.75 bits per heavy atom. The average molecular weight is 383 g/mol. The Morgan fingerprint density at radius 2 is 1.90 bits per heavy atom. The van der Waals surface area contributed by atoms with Crippen molar-refractivity contribution in [1.29, 1.82) is 0 Å². The minimum atomic E-state index is -0.926. The van der Waals surface area contributed by atoms with Gasteiger partial charge >= 0.3 is 0 Å². The Kier molecular flexibility index (Phi) is 3.47. The van der Waals surface area contributed by atoms with Crippen LogP contribution in [0.2, 0.25) is 0 Å². The summed E-state index contributed by atoms with van der Waals surface area (Å²) >= 11 is 2.17. The second-order valence-electron chi connectivity index (χ2n) is 4.11. The van der Waals surface area contributed by atoms with E-state index >= 15 is 0 Å². The normalized spacial score (nSPS) is 10.8. The molecule has 20 heavy (non-hydrogen) atoms. The van der Waals surface area contributed by atoms with Crippen molar-refractivity contribution in [2.75, 3.05) is 5.32 Å². The van der Waals surface area contributed by atoms with Gasteiger partial charge in [0.2, 0.25) is 0 Å². The van der Waals surface area contributed by atoms with Crippen molar-refractivity contribution in [2.24, 2.45) is 0 Å². The van der Waals surface area contributed by atoms with Gasteiger partial charge in [0.25, 0.3) is 0 Å². The number of hydrogen-bond acceptors (Lipinski definition) is 3.